The number of pyridine rings is 1. The molecule has 1 unspecified atom stereocenters. The molecule has 310 valence electrons. The number of nitrogens with one attached hydrogen (secondary N) is 3. The Morgan fingerprint density at radius 3 is 2.51 bits per heavy atom. The second kappa shape index (κ2) is 14.0. The van der Waals surface area contributed by atoms with E-state index >= 15 is 0 Å². The Labute approximate surface area is 328 Å². The smallest absolute Gasteiger partial charge is 0.437 e. The van der Waals surface area contributed by atoms with Crippen LogP contribution in [-0.4, -0.2) is 87.3 Å². The normalized spacial score (nSPS) is 29.4. The molecule has 2 aromatic rings. The Hall–Kier alpha value is -4.61. The zero-order valence-electron chi connectivity index (χ0n) is 32.3. The van der Waals surface area contributed by atoms with Gasteiger partial charge in [-0.15, -0.1) is 0 Å². The topological polar surface area (TPSA) is 193 Å². The molecular formula is C39H48F3N5O9S. The van der Waals surface area contributed by atoms with Gasteiger partial charge in [-0.3, -0.25) is 19.1 Å². The average Bonchev–Trinajstić information content (AvgIpc) is 4.00. The van der Waals surface area contributed by atoms with E-state index in [-0.39, 0.29) is 60.9 Å². The van der Waals surface area contributed by atoms with Gasteiger partial charge in [0, 0.05) is 23.3 Å². The molecule has 0 radical (unpaired) electrons. The molecule has 1 spiro atoms. The lowest BCUT2D eigenvalue weighted by Gasteiger charge is -2.37. The second-order valence-electron chi connectivity index (χ2n) is 17.4. The van der Waals surface area contributed by atoms with Crippen LogP contribution in [0.2, 0.25) is 0 Å². The highest BCUT2D eigenvalue weighted by molar-refractivity contribution is 7.91. The molecule has 4 N–H and O–H groups in total. The van der Waals surface area contributed by atoms with Crippen molar-refractivity contribution in [2.75, 3.05) is 6.54 Å². The summed E-state index contributed by atoms with van der Waals surface area (Å²) in [5, 5.41) is 15.9. The minimum absolute atomic E-state index is 0.00238. The number of hydrogen-bond acceptors (Lipinski definition) is 10. The van der Waals surface area contributed by atoms with Crippen molar-refractivity contribution in [1.82, 2.24) is 25.2 Å². The molecule has 4 heterocycles. The maximum Gasteiger partial charge on any atom is 0.437 e. The van der Waals surface area contributed by atoms with Crippen LogP contribution < -0.4 is 20.1 Å². The van der Waals surface area contributed by atoms with E-state index in [0.717, 1.165) is 0 Å². The van der Waals surface area contributed by atoms with Crippen molar-refractivity contribution < 1.29 is 55.3 Å². The van der Waals surface area contributed by atoms with Crippen LogP contribution >= 0.6 is 0 Å². The number of benzene rings is 1. The van der Waals surface area contributed by atoms with E-state index < -0.39 is 90.9 Å². The van der Waals surface area contributed by atoms with Crippen molar-refractivity contribution in [3.63, 3.8) is 0 Å². The Balaban J connectivity index is 1.27. The lowest BCUT2D eigenvalue weighted by Crippen LogP contribution is -2.58. The summed E-state index contributed by atoms with van der Waals surface area (Å²) in [6.07, 6.45) is 0.969. The third kappa shape index (κ3) is 7.97. The molecule has 14 nitrogen and oxygen atoms in total. The van der Waals surface area contributed by atoms with Crippen molar-refractivity contribution in [2.24, 2.45) is 5.92 Å². The van der Waals surface area contributed by atoms with Crippen LogP contribution in [0.15, 0.2) is 30.4 Å². The first-order chi connectivity index (χ1) is 26.6. The van der Waals surface area contributed by atoms with Crippen LogP contribution in [0.1, 0.15) is 103 Å². The fourth-order valence-electron chi connectivity index (χ4n) is 8.16. The summed E-state index contributed by atoms with van der Waals surface area (Å²) in [6, 6.07) is 1.21. The highest BCUT2D eigenvalue weighted by Gasteiger charge is 2.64. The number of alkyl halides is 3. The van der Waals surface area contributed by atoms with Crippen molar-refractivity contribution in [2.45, 2.75) is 138 Å². The van der Waals surface area contributed by atoms with Gasteiger partial charge in [-0.1, -0.05) is 25.0 Å². The quantitative estimate of drug-likeness (QED) is 0.308. The van der Waals surface area contributed by atoms with E-state index in [1.54, 1.807) is 26.8 Å². The van der Waals surface area contributed by atoms with Gasteiger partial charge in [0.15, 0.2) is 11.4 Å². The highest BCUT2D eigenvalue weighted by Crippen LogP contribution is 2.50. The minimum atomic E-state index is -4.96. The number of amides is 4. The van der Waals surface area contributed by atoms with E-state index in [1.807, 2.05) is 6.08 Å². The molecule has 57 heavy (non-hydrogen) atoms. The number of carbonyl (C=O) groups is 4. The summed E-state index contributed by atoms with van der Waals surface area (Å²) in [7, 11) is -4.10. The molecule has 18 heteroatoms. The zero-order chi connectivity index (χ0) is 41.3. The Bertz CT molecular complexity index is 2150. The first kappa shape index (κ1) is 40.6. The summed E-state index contributed by atoms with van der Waals surface area (Å²) < 4.78 is 83.1. The van der Waals surface area contributed by atoms with Gasteiger partial charge in [-0.05, 0) is 97.3 Å². The number of phenolic OH excluding ortho intramolecular Hbond substituents is 1. The molecular weight excluding hydrogens is 772 g/mol. The maximum absolute atomic E-state index is 14.7. The number of alkyl carbamates (subject to hydrolysis) is 1. The molecule has 1 aromatic carbocycles. The number of phenols is 1. The molecule has 2 aliphatic carbocycles. The lowest BCUT2D eigenvalue weighted by molar-refractivity contribution is -0.144. The van der Waals surface area contributed by atoms with Crippen LogP contribution in [0, 0.1) is 5.92 Å². The van der Waals surface area contributed by atoms with Crippen molar-refractivity contribution in [3.05, 3.63) is 41.6 Å². The number of ether oxygens (including phenoxy) is 2. The first-order valence-electron chi connectivity index (χ1n) is 19.3. The van der Waals surface area contributed by atoms with E-state index in [4.69, 9.17) is 9.47 Å². The SMILES string of the molecule is CC(C)(C)OC(=O)N[C@H]1CCCCC/C=C\C2C[C@@]2(C(=O)NS(=O)(=O)C2(C)CC2)NC(=O)[C@@H]2C[C@]3(CCc4c(c(C(F)(F)F)nc5ccc(O)cc45)O3)CN2C1=O. The van der Waals surface area contributed by atoms with Crippen LogP contribution in [0.5, 0.6) is 11.5 Å². The molecule has 7 rings (SSSR count). The van der Waals surface area contributed by atoms with Crippen LogP contribution in [-0.2, 0) is 41.7 Å². The highest BCUT2D eigenvalue weighted by atomic mass is 32.2. The van der Waals surface area contributed by atoms with Crippen LogP contribution in [0.25, 0.3) is 10.9 Å². The summed E-state index contributed by atoms with van der Waals surface area (Å²) >= 11 is 0. The summed E-state index contributed by atoms with van der Waals surface area (Å²) in [6.45, 7) is 6.13. The summed E-state index contributed by atoms with van der Waals surface area (Å²) in [4.78, 5) is 61.2. The molecule has 3 aliphatic heterocycles. The third-order valence-electron chi connectivity index (χ3n) is 11.7. The van der Waals surface area contributed by atoms with Gasteiger partial charge in [-0.25, -0.2) is 18.2 Å². The Morgan fingerprint density at radius 2 is 1.82 bits per heavy atom. The predicted molar refractivity (Wildman–Crippen MR) is 199 cm³/mol. The molecule has 4 amide bonds. The summed E-state index contributed by atoms with van der Waals surface area (Å²) in [5.74, 6) is -3.79. The number of halogens is 3. The molecule has 2 saturated carbocycles. The van der Waals surface area contributed by atoms with E-state index in [1.165, 1.54) is 30.0 Å². The van der Waals surface area contributed by atoms with Gasteiger partial charge in [0.25, 0.3) is 5.91 Å². The van der Waals surface area contributed by atoms with Crippen LogP contribution in [0.4, 0.5) is 18.0 Å². The molecule has 0 bridgehead atoms. The van der Waals surface area contributed by atoms with Gasteiger partial charge in [-0.2, -0.15) is 13.2 Å². The van der Waals surface area contributed by atoms with E-state index in [0.29, 0.717) is 38.5 Å². The molecule has 3 fully saturated rings. The Morgan fingerprint density at radius 1 is 1.09 bits per heavy atom. The first-order valence-corrected chi connectivity index (χ1v) is 20.8. The minimum Gasteiger partial charge on any atom is -0.508 e. The number of fused-ring (bicyclic) bond motifs is 5. The predicted octanol–water partition coefficient (Wildman–Crippen LogP) is 4.91. The van der Waals surface area contributed by atoms with Crippen molar-refractivity contribution >= 4 is 44.7 Å². The van der Waals surface area contributed by atoms with Crippen molar-refractivity contribution in [3.8, 4) is 11.5 Å². The summed E-state index contributed by atoms with van der Waals surface area (Å²) in [5.41, 5.74) is -5.29. The zero-order valence-corrected chi connectivity index (χ0v) is 33.1. The number of rotatable bonds is 4. The van der Waals surface area contributed by atoms with E-state index in [2.05, 4.69) is 20.3 Å². The van der Waals surface area contributed by atoms with Crippen molar-refractivity contribution in [1.29, 1.82) is 0 Å². The van der Waals surface area contributed by atoms with Gasteiger partial charge >= 0.3 is 12.3 Å². The number of aromatic hydroxyl groups is 1. The van der Waals surface area contributed by atoms with E-state index in [9.17, 15) is 45.9 Å². The van der Waals surface area contributed by atoms with Gasteiger partial charge in [0.05, 0.1) is 16.8 Å². The number of allylic oxidation sites excluding steroid dienone is 1. The lowest BCUT2D eigenvalue weighted by atomic mass is 9.87. The molecule has 5 atom stereocenters. The van der Waals surface area contributed by atoms with Crippen LogP contribution in [0.3, 0.4) is 0 Å². The van der Waals surface area contributed by atoms with Gasteiger partial charge in [0.2, 0.25) is 21.8 Å². The number of nitrogens with zero attached hydrogens (tertiary/aromatic N) is 2. The number of sulfonamides is 1. The maximum atomic E-state index is 14.7. The fourth-order valence-corrected chi connectivity index (χ4v) is 9.47. The molecule has 1 saturated heterocycles. The van der Waals surface area contributed by atoms with Gasteiger partial charge < -0.3 is 30.1 Å². The molecule has 5 aliphatic rings. The average molecular weight is 820 g/mol. The number of aryl methyl sites for hydroxylation is 1. The second-order valence-corrected chi connectivity index (χ2v) is 19.6. The third-order valence-corrected chi connectivity index (χ3v) is 13.9. The van der Waals surface area contributed by atoms with Gasteiger partial charge in [0.1, 0.15) is 34.6 Å². The number of hydrogen-bond donors (Lipinski definition) is 4. The monoisotopic (exact) mass is 819 g/mol. The number of aromatic nitrogens is 1. The Kier molecular flexibility index (Phi) is 10.00. The molecule has 1 aromatic heterocycles. The standard InChI is InChI=1S/C39H48F3N5O9S/c1-35(2,3)56-34(52)44-27-11-9-7-5-6-8-10-22-19-38(22,33(51)46-57(53,54)36(4)16-17-36)45-31(49)28-20-37(21-47(28)32(27)50)15-14-24-25-18-23(48)12-13-26(25)43-30(29(24)55-37)39(40,41)42/h8,10,12-13,18,22,27-28,48H,5-7,9,11,14-17,19-21H2,1-4H3,(H,44,52)(H,45,49)(H,46,51)/b10-8-/t22?,27-,28-,37+,38+/m0/s1. The fraction of sp³-hybridized carbons (Fsp3) is 0.615. The largest absolute Gasteiger partial charge is 0.508 e. The number of carbonyl (C=O) groups excluding carboxylic acids is 4.